The van der Waals surface area contributed by atoms with E-state index in [1.165, 1.54) is 32.4 Å². The fourth-order valence-corrected chi connectivity index (χ4v) is 3.42. The molecular weight excluding hydrogens is 252 g/mol. The third-order valence-electron chi connectivity index (χ3n) is 4.33. The van der Waals surface area contributed by atoms with Crippen LogP contribution in [0.4, 0.5) is 5.69 Å². The largest absolute Gasteiger partial charge is 0.462 e. The number of carbonyl (C=O) groups excluding carboxylic acids is 1. The summed E-state index contributed by atoms with van der Waals surface area (Å²) in [7, 11) is 0. The fraction of sp³-hybridized carbons (Fsp3) is 0.562. The average Bonchev–Trinajstić information content (AvgIpc) is 3.05. The number of benzene rings is 1. The molecular formula is C16H22N2O2. The third kappa shape index (κ3) is 2.66. The molecule has 2 heterocycles. The van der Waals surface area contributed by atoms with Crippen LogP contribution >= 0.6 is 0 Å². The lowest BCUT2D eigenvalue weighted by Crippen LogP contribution is -2.33. The second kappa shape index (κ2) is 5.83. The van der Waals surface area contributed by atoms with E-state index in [9.17, 15) is 4.79 Å². The van der Waals surface area contributed by atoms with Crippen LogP contribution in [-0.4, -0.2) is 42.6 Å². The summed E-state index contributed by atoms with van der Waals surface area (Å²) in [5.74, 6) is -0.245. The van der Waals surface area contributed by atoms with Gasteiger partial charge in [-0.1, -0.05) is 6.07 Å². The van der Waals surface area contributed by atoms with Gasteiger partial charge >= 0.3 is 5.97 Å². The van der Waals surface area contributed by atoms with Gasteiger partial charge in [-0.25, -0.2) is 4.79 Å². The van der Waals surface area contributed by atoms with Crippen molar-refractivity contribution < 1.29 is 9.53 Å². The van der Waals surface area contributed by atoms with Gasteiger partial charge in [-0.2, -0.15) is 0 Å². The zero-order chi connectivity index (χ0) is 13.9. The van der Waals surface area contributed by atoms with Crippen molar-refractivity contribution in [1.29, 1.82) is 0 Å². The van der Waals surface area contributed by atoms with Crippen molar-refractivity contribution in [3.8, 4) is 0 Å². The normalized spacial score (nSPS) is 25.4. The third-order valence-corrected chi connectivity index (χ3v) is 4.33. The van der Waals surface area contributed by atoms with Gasteiger partial charge in [0.15, 0.2) is 0 Å². The molecule has 2 atom stereocenters. The molecule has 0 aromatic heterocycles. The monoisotopic (exact) mass is 274 g/mol. The number of fused-ring (bicyclic) bond motifs is 1. The van der Waals surface area contributed by atoms with E-state index in [2.05, 4.69) is 10.2 Å². The summed E-state index contributed by atoms with van der Waals surface area (Å²) < 4.78 is 5.05. The number of anilines is 1. The lowest BCUT2D eigenvalue weighted by molar-refractivity contribution is 0.0526. The maximum absolute atomic E-state index is 11.8. The molecule has 1 aromatic rings. The van der Waals surface area contributed by atoms with E-state index in [0.717, 1.165) is 5.69 Å². The van der Waals surface area contributed by atoms with Crippen LogP contribution in [0.3, 0.4) is 0 Å². The Labute approximate surface area is 120 Å². The molecule has 4 heteroatoms. The number of hydrogen-bond donors (Lipinski definition) is 1. The van der Waals surface area contributed by atoms with E-state index in [1.807, 2.05) is 25.1 Å². The summed E-state index contributed by atoms with van der Waals surface area (Å²) in [6.45, 7) is 4.68. The maximum Gasteiger partial charge on any atom is 0.338 e. The molecule has 4 nitrogen and oxygen atoms in total. The second-order valence-corrected chi connectivity index (χ2v) is 5.59. The van der Waals surface area contributed by atoms with Gasteiger partial charge in [0, 0.05) is 24.3 Å². The Kier molecular flexibility index (Phi) is 3.92. The summed E-state index contributed by atoms with van der Waals surface area (Å²) in [6.07, 6.45) is 3.79. The molecule has 1 N–H and O–H groups in total. The smallest absolute Gasteiger partial charge is 0.338 e. The van der Waals surface area contributed by atoms with Crippen molar-refractivity contribution >= 4 is 11.7 Å². The highest BCUT2D eigenvalue weighted by Crippen LogP contribution is 2.30. The molecule has 0 amide bonds. The summed E-state index contributed by atoms with van der Waals surface area (Å²) in [4.78, 5) is 14.3. The number of rotatable bonds is 4. The molecule has 1 aromatic carbocycles. The predicted octanol–water partition coefficient (Wildman–Crippen LogP) is 2.51. The number of nitrogens with zero attached hydrogens (tertiary/aromatic N) is 1. The minimum Gasteiger partial charge on any atom is -0.462 e. The number of carbonyl (C=O) groups is 1. The highest BCUT2D eigenvalue weighted by Gasteiger charge is 2.36. The van der Waals surface area contributed by atoms with E-state index >= 15 is 0 Å². The van der Waals surface area contributed by atoms with E-state index in [0.29, 0.717) is 24.3 Å². The van der Waals surface area contributed by atoms with Gasteiger partial charge in [0.2, 0.25) is 0 Å². The minimum absolute atomic E-state index is 0.245. The first-order valence-corrected chi connectivity index (χ1v) is 7.55. The molecule has 0 saturated carbocycles. The van der Waals surface area contributed by atoms with E-state index < -0.39 is 0 Å². The molecule has 2 aliphatic rings. The van der Waals surface area contributed by atoms with Gasteiger partial charge in [-0.05, 0) is 50.9 Å². The van der Waals surface area contributed by atoms with Crippen LogP contribution in [0.5, 0.6) is 0 Å². The molecule has 0 spiro atoms. The van der Waals surface area contributed by atoms with Crippen LogP contribution < -0.4 is 5.32 Å². The van der Waals surface area contributed by atoms with Gasteiger partial charge in [0.25, 0.3) is 0 Å². The Hall–Kier alpha value is -1.55. The Morgan fingerprint density at radius 1 is 1.40 bits per heavy atom. The van der Waals surface area contributed by atoms with Gasteiger partial charge in [0.05, 0.1) is 12.2 Å². The standard InChI is InChI=1S/C16H22N2O2/c1-2-20-16(19)12-5-3-6-13(11-12)17-14-8-10-18-9-4-7-15(14)18/h3,5-6,11,14-15,17H,2,4,7-10H2,1H3. The molecule has 20 heavy (non-hydrogen) atoms. The molecule has 3 rings (SSSR count). The van der Waals surface area contributed by atoms with Crippen molar-refractivity contribution in [2.45, 2.75) is 38.3 Å². The Balaban J connectivity index is 1.68. The van der Waals surface area contributed by atoms with Gasteiger partial charge in [-0.15, -0.1) is 0 Å². The number of esters is 1. The number of ether oxygens (including phenoxy) is 1. The van der Waals surface area contributed by atoms with Crippen molar-refractivity contribution in [2.75, 3.05) is 25.0 Å². The van der Waals surface area contributed by atoms with Gasteiger partial charge < -0.3 is 10.1 Å². The second-order valence-electron chi connectivity index (χ2n) is 5.59. The van der Waals surface area contributed by atoms with Crippen molar-refractivity contribution in [3.63, 3.8) is 0 Å². The molecule has 2 aliphatic heterocycles. The van der Waals surface area contributed by atoms with Crippen LogP contribution in [-0.2, 0) is 4.74 Å². The van der Waals surface area contributed by atoms with E-state index in [1.54, 1.807) is 6.07 Å². The fourth-order valence-electron chi connectivity index (χ4n) is 3.42. The van der Waals surface area contributed by atoms with Crippen LogP contribution in [0.2, 0.25) is 0 Å². The Morgan fingerprint density at radius 3 is 3.15 bits per heavy atom. The lowest BCUT2D eigenvalue weighted by Gasteiger charge is -2.22. The van der Waals surface area contributed by atoms with Crippen LogP contribution in [0.25, 0.3) is 0 Å². The zero-order valence-corrected chi connectivity index (χ0v) is 12.0. The van der Waals surface area contributed by atoms with Crippen molar-refractivity contribution in [1.82, 2.24) is 4.90 Å². The van der Waals surface area contributed by atoms with Crippen molar-refractivity contribution in [2.24, 2.45) is 0 Å². The van der Waals surface area contributed by atoms with Gasteiger partial charge in [-0.3, -0.25) is 4.90 Å². The predicted molar refractivity (Wildman–Crippen MR) is 79.0 cm³/mol. The van der Waals surface area contributed by atoms with Crippen molar-refractivity contribution in [3.05, 3.63) is 29.8 Å². The van der Waals surface area contributed by atoms with Crippen LogP contribution in [0.15, 0.2) is 24.3 Å². The quantitative estimate of drug-likeness (QED) is 0.857. The summed E-state index contributed by atoms with van der Waals surface area (Å²) in [5.41, 5.74) is 1.65. The van der Waals surface area contributed by atoms with Crippen LogP contribution in [0.1, 0.15) is 36.5 Å². The zero-order valence-electron chi connectivity index (χ0n) is 12.0. The van der Waals surface area contributed by atoms with E-state index in [4.69, 9.17) is 4.74 Å². The van der Waals surface area contributed by atoms with Gasteiger partial charge in [0.1, 0.15) is 0 Å². The first kappa shape index (κ1) is 13.4. The number of hydrogen-bond acceptors (Lipinski definition) is 4. The molecule has 2 unspecified atom stereocenters. The highest BCUT2D eigenvalue weighted by molar-refractivity contribution is 5.90. The first-order chi connectivity index (χ1) is 9.78. The summed E-state index contributed by atoms with van der Waals surface area (Å²) in [5, 5.41) is 3.60. The highest BCUT2D eigenvalue weighted by atomic mass is 16.5. The lowest BCUT2D eigenvalue weighted by atomic mass is 10.1. The molecule has 0 aliphatic carbocycles. The Bertz CT molecular complexity index is 489. The minimum atomic E-state index is -0.245. The average molecular weight is 274 g/mol. The molecule has 2 fully saturated rings. The molecule has 2 saturated heterocycles. The first-order valence-electron chi connectivity index (χ1n) is 7.55. The Morgan fingerprint density at radius 2 is 2.30 bits per heavy atom. The van der Waals surface area contributed by atoms with E-state index in [-0.39, 0.29) is 5.97 Å². The topological polar surface area (TPSA) is 41.6 Å². The maximum atomic E-state index is 11.8. The van der Waals surface area contributed by atoms with Crippen LogP contribution in [0, 0.1) is 0 Å². The summed E-state index contributed by atoms with van der Waals surface area (Å²) in [6, 6.07) is 8.82. The molecule has 0 bridgehead atoms. The molecule has 108 valence electrons. The number of nitrogens with one attached hydrogen (secondary N) is 1. The molecule has 0 radical (unpaired) electrons. The summed E-state index contributed by atoms with van der Waals surface area (Å²) >= 11 is 0. The SMILES string of the molecule is CCOC(=O)c1cccc(NC2CCN3CCCC23)c1.